The van der Waals surface area contributed by atoms with Crippen molar-refractivity contribution < 1.29 is 22.3 Å². The predicted molar refractivity (Wildman–Crippen MR) is 105 cm³/mol. The molecule has 0 fully saturated rings. The van der Waals surface area contributed by atoms with Crippen LogP contribution in [0.4, 0.5) is 4.39 Å². The quantitative estimate of drug-likeness (QED) is 0.592. The van der Waals surface area contributed by atoms with Gasteiger partial charge in [0, 0.05) is 19.5 Å². The van der Waals surface area contributed by atoms with E-state index in [4.69, 9.17) is 4.74 Å². The fraction of sp³-hybridized carbons (Fsp3) is 0.350. The van der Waals surface area contributed by atoms with Crippen LogP contribution in [0.15, 0.2) is 47.4 Å². The minimum atomic E-state index is -3.61. The molecule has 0 heterocycles. The molecule has 0 bridgehead atoms. The normalized spacial score (nSPS) is 11.2. The lowest BCUT2D eigenvalue weighted by molar-refractivity contribution is -0.121. The maximum atomic E-state index is 12.8. The van der Waals surface area contributed by atoms with Crippen LogP contribution >= 0.6 is 0 Å². The lowest BCUT2D eigenvalue weighted by atomic mass is 10.2. The Morgan fingerprint density at radius 3 is 2.50 bits per heavy atom. The van der Waals surface area contributed by atoms with Gasteiger partial charge in [-0.1, -0.05) is 12.1 Å². The standard InChI is InChI=1S/C20H25FN2O4S/c1-15-5-6-16(2)19(14-15)28(25,26)23-12-11-22-20(24)4-3-13-27-18-9-7-17(21)8-10-18/h5-10,14,23H,3-4,11-13H2,1-2H3,(H,22,24). The topological polar surface area (TPSA) is 84.5 Å². The number of ether oxygens (including phenoxy) is 1. The maximum absolute atomic E-state index is 12.8. The van der Waals surface area contributed by atoms with E-state index in [0.29, 0.717) is 24.3 Å². The number of sulfonamides is 1. The largest absolute Gasteiger partial charge is 0.494 e. The van der Waals surface area contributed by atoms with Crippen molar-refractivity contribution in [3.05, 3.63) is 59.4 Å². The van der Waals surface area contributed by atoms with E-state index in [1.165, 1.54) is 24.3 Å². The Balaban J connectivity index is 1.65. The average molecular weight is 408 g/mol. The number of rotatable bonds is 10. The Morgan fingerprint density at radius 2 is 1.79 bits per heavy atom. The van der Waals surface area contributed by atoms with Crippen LogP contribution in [0.1, 0.15) is 24.0 Å². The van der Waals surface area contributed by atoms with Gasteiger partial charge in [0.05, 0.1) is 11.5 Å². The molecule has 2 aromatic carbocycles. The molecule has 0 unspecified atom stereocenters. The first-order valence-electron chi connectivity index (χ1n) is 9.00. The Hall–Kier alpha value is -2.45. The third-order valence-electron chi connectivity index (χ3n) is 4.00. The van der Waals surface area contributed by atoms with E-state index in [2.05, 4.69) is 10.0 Å². The smallest absolute Gasteiger partial charge is 0.240 e. The highest BCUT2D eigenvalue weighted by Gasteiger charge is 2.16. The van der Waals surface area contributed by atoms with E-state index in [0.717, 1.165) is 5.56 Å². The summed E-state index contributed by atoms with van der Waals surface area (Å²) in [6.45, 7) is 4.20. The number of hydrogen-bond donors (Lipinski definition) is 2. The summed E-state index contributed by atoms with van der Waals surface area (Å²) >= 11 is 0. The highest BCUT2D eigenvalue weighted by atomic mass is 32.2. The van der Waals surface area contributed by atoms with Crippen LogP contribution < -0.4 is 14.8 Å². The van der Waals surface area contributed by atoms with Gasteiger partial charge in [-0.3, -0.25) is 4.79 Å². The summed E-state index contributed by atoms with van der Waals surface area (Å²) < 4.78 is 45.4. The first-order chi connectivity index (χ1) is 13.3. The summed E-state index contributed by atoms with van der Waals surface area (Å²) in [5, 5.41) is 2.67. The van der Waals surface area contributed by atoms with Gasteiger partial charge in [0.1, 0.15) is 11.6 Å². The fourth-order valence-electron chi connectivity index (χ4n) is 2.50. The second-order valence-electron chi connectivity index (χ2n) is 6.42. The number of benzene rings is 2. The second-order valence-corrected chi connectivity index (χ2v) is 8.16. The molecule has 2 aromatic rings. The molecule has 0 aliphatic heterocycles. The van der Waals surface area contributed by atoms with E-state index < -0.39 is 10.0 Å². The summed E-state index contributed by atoms with van der Waals surface area (Å²) in [5.74, 6) is 0.0243. The number of amides is 1. The molecule has 0 atom stereocenters. The zero-order chi connectivity index (χ0) is 20.6. The molecule has 1 amide bonds. The molecule has 28 heavy (non-hydrogen) atoms. The van der Waals surface area contributed by atoms with Crippen LogP contribution in [0.5, 0.6) is 5.75 Å². The molecule has 0 radical (unpaired) electrons. The zero-order valence-corrected chi connectivity index (χ0v) is 16.8. The third-order valence-corrected chi connectivity index (χ3v) is 5.61. The average Bonchev–Trinajstić information content (AvgIpc) is 2.66. The van der Waals surface area contributed by atoms with Gasteiger partial charge in [-0.25, -0.2) is 17.5 Å². The molecular weight excluding hydrogens is 383 g/mol. The predicted octanol–water partition coefficient (Wildman–Crippen LogP) is 2.70. The highest BCUT2D eigenvalue weighted by molar-refractivity contribution is 7.89. The van der Waals surface area contributed by atoms with Crippen molar-refractivity contribution in [1.82, 2.24) is 10.0 Å². The van der Waals surface area contributed by atoms with Crippen molar-refractivity contribution in [2.75, 3.05) is 19.7 Å². The van der Waals surface area contributed by atoms with Gasteiger partial charge in [0.25, 0.3) is 0 Å². The SMILES string of the molecule is Cc1ccc(C)c(S(=O)(=O)NCCNC(=O)CCCOc2ccc(F)cc2)c1. The van der Waals surface area contributed by atoms with Crippen LogP contribution in [0, 0.1) is 19.7 Å². The zero-order valence-electron chi connectivity index (χ0n) is 16.0. The number of halogens is 1. The van der Waals surface area contributed by atoms with E-state index in [1.807, 2.05) is 13.0 Å². The van der Waals surface area contributed by atoms with Gasteiger partial charge < -0.3 is 10.1 Å². The van der Waals surface area contributed by atoms with Crippen LogP contribution in [0.25, 0.3) is 0 Å². The van der Waals surface area contributed by atoms with Gasteiger partial charge in [-0.05, 0) is 61.7 Å². The van der Waals surface area contributed by atoms with Gasteiger partial charge in [0.2, 0.25) is 15.9 Å². The molecule has 0 spiro atoms. The Labute approximate surface area is 165 Å². The van der Waals surface area contributed by atoms with E-state index >= 15 is 0 Å². The van der Waals surface area contributed by atoms with Crippen LogP contribution in [-0.4, -0.2) is 34.0 Å². The summed E-state index contributed by atoms with van der Waals surface area (Å²) in [5.41, 5.74) is 1.53. The first kappa shape index (κ1) is 21.8. The molecule has 0 aliphatic rings. The summed E-state index contributed by atoms with van der Waals surface area (Å²) in [4.78, 5) is 12.0. The highest BCUT2D eigenvalue weighted by Crippen LogP contribution is 2.16. The van der Waals surface area contributed by atoms with Crippen LogP contribution in [-0.2, 0) is 14.8 Å². The minimum absolute atomic E-state index is 0.105. The molecular formula is C20H25FN2O4S. The molecule has 2 N–H and O–H groups in total. The van der Waals surface area contributed by atoms with Gasteiger partial charge in [-0.2, -0.15) is 0 Å². The second kappa shape index (κ2) is 10.2. The molecule has 0 aromatic heterocycles. The molecule has 0 aliphatic carbocycles. The molecule has 0 saturated carbocycles. The minimum Gasteiger partial charge on any atom is -0.494 e. The molecule has 2 rings (SSSR count). The number of carbonyl (C=O) groups is 1. The Bertz CT molecular complexity index is 899. The number of carbonyl (C=O) groups excluding carboxylic acids is 1. The number of nitrogens with one attached hydrogen (secondary N) is 2. The molecule has 6 nitrogen and oxygen atoms in total. The van der Waals surface area contributed by atoms with Crippen molar-refractivity contribution in [3.8, 4) is 5.75 Å². The molecule has 8 heteroatoms. The lowest BCUT2D eigenvalue weighted by Gasteiger charge is -2.11. The first-order valence-corrected chi connectivity index (χ1v) is 10.5. The van der Waals surface area contributed by atoms with Crippen molar-refractivity contribution in [1.29, 1.82) is 0 Å². The monoisotopic (exact) mass is 408 g/mol. The number of hydrogen-bond acceptors (Lipinski definition) is 4. The maximum Gasteiger partial charge on any atom is 0.240 e. The van der Waals surface area contributed by atoms with Crippen molar-refractivity contribution >= 4 is 15.9 Å². The van der Waals surface area contributed by atoms with E-state index in [9.17, 15) is 17.6 Å². The van der Waals surface area contributed by atoms with Crippen molar-refractivity contribution in [2.45, 2.75) is 31.6 Å². The van der Waals surface area contributed by atoms with Crippen LogP contribution in [0.2, 0.25) is 0 Å². The van der Waals surface area contributed by atoms with Gasteiger partial charge in [0.15, 0.2) is 0 Å². The Kier molecular flexibility index (Phi) is 7.95. The summed E-state index contributed by atoms with van der Waals surface area (Å²) in [7, 11) is -3.61. The lowest BCUT2D eigenvalue weighted by Crippen LogP contribution is -2.35. The van der Waals surface area contributed by atoms with Crippen molar-refractivity contribution in [3.63, 3.8) is 0 Å². The van der Waals surface area contributed by atoms with Gasteiger partial charge in [-0.15, -0.1) is 0 Å². The molecule has 0 saturated heterocycles. The van der Waals surface area contributed by atoms with E-state index in [1.54, 1.807) is 19.1 Å². The fourth-order valence-corrected chi connectivity index (χ4v) is 3.86. The van der Waals surface area contributed by atoms with Crippen LogP contribution in [0.3, 0.4) is 0 Å². The third kappa shape index (κ3) is 6.94. The Morgan fingerprint density at radius 1 is 1.07 bits per heavy atom. The van der Waals surface area contributed by atoms with Crippen molar-refractivity contribution in [2.24, 2.45) is 0 Å². The molecule has 152 valence electrons. The van der Waals surface area contributed by atoms with E-state index in [-0.39, 0.29) is 36.1 Å². The van der Waals surface area contributed by atoms with Gasteiger partial charge >= 0.3 is 0 Å². The summed E-state index contributed by atoms with van der Waals surface area (Å²) in [6, 6.07) is 10.9. The number of aryl methyl sites for hydroxylation is 2. The summed E-state index contributed by atoms with van der Waals surface area (Å²) in [6.07, 6.45) is 0.752.